The maximum Gasteiger partial charge on any atom is 0.277 e. The first-order valence-corrected chi connectivity index (χ1v) is 11.2. The fourth-order valence-electron chi connectivity index (χ4n) is 3.52. The van der Waals surface area contributed by atoms with Gasteiger partial charge in [-0.1, -0.05) is 78.5 Å². The molecule has 5 rings (SSSR count). The molecule has 6 nitrogen and oxygen atoms in total. The standard InChI is InChI=1S/C25H20N4O2S/c30-23(29(19-11-5-2-6-12-19)16-18-9-3-1-4-10-18)17-32-25-28-27-24(31-25)21-15-26-22-14-8-7-13-20(21)22/h1-15,26H,16-17H2. The van der Waals surface area contributed by atoms with Crippen LogP contribution in [0.4, 0.5) is 5.69 Å². The SMILES string of the molecule is O=C(CSc1nnc(-c2c[nH]c3ccccc23)o1)N(Cc1ccccc1)c1ccccc1. The van der Waals surface area contributed by atoms with Gasteiger partial charge in [-0.2, -0.15) is 0 Å². The number of aromatic nitrogens is 3. The first-order chi connectivity index (χ1) is 15.8. The Morgan fingerprint density at radius 1 is 0.906 bits per heavy atom. The summed E-state index contributed by atoms with van der Waals surface area (Å²) >= 11 is 1.24. The van der Waals surface area contributed by atoms with Crippen molar-refractivity contribution in [2.24, 2.45) is 0 Å². The van der Waals surface area contributed by atoms with Gasteiger partial charge in [-0.05, 0) is 23.8 Å². The van der Waals surface area contributed by atoms with Gasteiger partial charge < -0.3 is 14.3 Å². The van der Waals surface area contributed by atoms with Crippen LogP contribution in [0.1, 0.15) is 5.56 Å². The molecule has 0 atom stereocenters. The third-order valence-corrected chi connectivity index (χ3v) is 5.90. The number of fused-ring (bicyclic) bond motifs is 1. The van der Waals surface area contributed by atoms with Crippen LogP contribution in [0.2, 0.25) is 0 Å². The molecule has 3 aromatic carbocycles. The molecule has 0 aliphatic rings. The molecule has 158 valence electrons. The number of amides is 1. The number of aromatic amines is 1. The molecule has 1 N–H and O–H groups in total. The molecule has 0 saturated heterocycles. The quantitative estimate of drug-likeness (QED) is 0.336. The first-order valence-electron chi connectivity index (χ1n) is 10.2. The van der Waals surface area contributed by atoms with Crippen molar-refractivity contribution in [2.45, 2.75) is 11.8 Å². The van der Waals surface area contributed by atoms with Crippen LogP contribution in [0.3, 0.4) is 0 Å². The highest BCUT2D eigenvalue weighted by Gasteiger charge is 2.19. The van der Waals surface area contributed by atoms with Gasteiger partial charge in [0.2, 0.25) is 5.91 Å². The van der Waals surface area contributed by atoms with Crippen LogP contribution in [0.5, 0.6) is 0 Å². The molecule has 5 aromatic rings. The molecule has 7 heteroatoms. The van der Waals surface area contributed by atoms with Crippen LogP contribution < -0.4 is 4.90 Å². The van der Waals surface area contributed by atoms with E-state index < -0.39 is 0 Å². The molecule has 0 aliphatic carbocycles. The van der Waals surface area contributed by atoms with Crippen molar-refractivity contribution >= 4 is 34.3 Å². The summed E-state index contributed by atoms with van der Waals surface area (Å²) in [5, 5.41) is 9.69. The molecule has 0 unspecified atom stereocenters. The largest absolute Gasteiger partial charge is 0.411 e. The average molecular weight is 441 g/mol. The lowest BCUT2D eigenvalue weighted by atomic mass is 10.2. The molecule has 0 saturated carbocycles. The molecule has 0 radical (unpaired) electrons. The minimum atomic E-state index is -0.0307. The number of carbonyl (C=O) groups excluding carboxylic acids is 1. The summed E-state index contributed by atoms with van der Waals surface area (Å²) < 4.78 is 5.84. The molecule has 0 aliphatic heterocycles. The number of hydrogen-bond donors (Lipinski definition) is 1. The van der Waals surface area contributed by atoms with Crippen molar-refractivity contribution in [3.8, 4) is 11.5 Å². The number of H-pyrrole nitrogens is 1. The number of para-hydroxylation sites is 2. The second-order valence-electron chi connectivity index (χ2n) is 7.21. The van der Waals surface area contributed by atoms with Crippen molar-refractivity contribution in [3.63, 3.8) is 0 Å². The van der Waals surface area contributed by atoms with E-state index in [1.54, 1.807) is 4.90 Å². The number of anilines is 1. The fraction of sp³-hybridized carbons (Fsp3) is 0.0800. The Morgan fingerprint density at radius 3 is 2.44 bits per heavy atom. The van der Waals surface area contributed by atoms with Crippen LogP contribution in [0.15, 0.2) is 101 Å². The molecule has 2 heterocycles. The van der Waals surface area contributed by atoms with E-state index in [-0.39, 0.29) is 11.7 Å². The Kier molecular flexibility index (Phi) is 5.72. The van der Waals surface area contributed by atoms with E-state index in [1.807, 2.05) is 91.1 Å². The molecule has 0 spiro atoms. The number of carbonyl (C=O) groups is 1. The predicted molar refractivity (Wildman–Crippen MR) is 126 cm³/mol. The Labute approximate surface area is 189 Å². The number of rotatable bonds is 7. The zero-order valence-electron chi connectivity index (χ0n) is 17.1. The molecule has 0 bridgehead atoms. The van der Waals surface area contributed by atoms with Gasteiger partial charge >= 0.3 is 0 Å². The monoisotopic (exact) mass is 440 g/mol. The highest BCUT2D eigenvalue weighted by molar-refractivity contribution is 7.99. The summed E-state index contributed by atoms with van der Waals surface area (Å²) in [6.45, 7) is 0.495. The van der Waals surface area contributed by atoms with E-state index in [0.717, 1.165) is 27.7 Å². The average Bonchev–Trinajstić information content (AvgIpc) is 3.49. The molecule has 1 amide bonds. The topological polar surface area (TPSA) is 75.0 Å². The summed E-state index contributed by atoms with van der Waals surface area (Å²) in [4.78, 5) is 18.1. The Balaban J connectivity index is 1.31. The summed E-state index contributed by atoms with van der Waals surface area (Å²) in [5.74, 6) is 0.593. The number of hydrogen-bond acceptors (Lipinski definition) is 5. The smallest absolute Gasteiger partial charge is 0.277 e. The Morgan fingerprint density at radius 2 is 1.62 bits per heavy atom. The normalized spacial score (nSPS) is 11.0. The third-order valence-electron chi connectivity index (χ3n) is 5.10. The van der Waals surface area contributed by atoms with Crippen LogP contribution >= 0.6 is 11.8 Å². The minimum absolute atomic E-state index is 0.0307. The minimum Gasteiger partial charge on any atom is -0.411 e. The fourth-order valence-corrected chi connectivity index (χ4v) is 4.16. The van der Waals surface area contributed by atoms with E-state index in [4.69, 9.17) is 4.42 Å². The van der Waals surface area contributed by atoms with Gasteiger partial charge in [0.1, 0.15) is 0 Å². The molecule has 0 fully saturated rings. The second kappa shape index (κ2) is 9.11. The Bertz CT molecular complexity index is 1330. The number of nitrogens with one attached hydrogen (secondary N) is 1. The van der Waals surface area contributed by atoms with Gasteiger partial charge in [-0.3, -0.25) is 4.79 Å². The van der Waals surface area contributed by atoms with Crippen LogP contribution in [-0.4, -0.2) is 26.8 Å². The molecule has 32 heavy (non-hydrogen) atoms. The van der Waals surface area contributed by atoms with Crippen molar-refractivity contribution in [3.05, 3.63) is 96.7 Å². The van der Waals surface area contributed by atoms with Gasteiger partial charge in [0, 0.05) is 22.8 Å². The molecule has 2 aromatic heterocycles. The van der Waals surface area contributed by atoms with Crippen molar-refractivity contribution < 1.29 is 9.21 Å². The van der Waals surface area contributed by atoms with Gasteiger partial charge in [0.05, 0.1) is 17.9 Å². The molecular weight excluding hydrogens is 420 g/mol. The summed E-state index contributed by atoms with van der Waals surface area (Å²) in [6.07, 6.45) is 1.86. The summed E-state index contributed by atoms with van der Waals surface area (Å²) in [5.41, 5.74) is 3.77. The van der Waals surface area contributed by atoms with Gasteiger partial charge in [-0.15, -0.1) is 10.2 Å². The van der Waals surface area contributed by atoms with E-state index in [0.29, 0.717) is 17.7 Å². The van der Waals surface area contributed by atoms with Crippen molar-refractivity contribution in [2.75, 3.05) is 10.7 Å². The van der Waals surface area contributed by atoms with Crippen LogP contribution in [0, 0.1) is 0 Å². The zero-order chi connectivity index (χ0) is 21.8. The second-order valence-corrected chi connectivity index (χ2v) is 8.14. The lowest BCUT2D eigenvalue weighted by Crippen LogP contribution is -2.31. The Hall–Kier alpha value is -3.84. The van der Waals surface area contributed by atoms with E-state index in [2.05, 4.69) is 15.2 Å². The van der Waals surface area contributed by atoms with Crippen LogP contribution in [-0.2, 0) is 11.3 Å². The van der Waals surface area contributed by atoms with Crippen molar-refractivity contribution in [1.82, 2.24) is 15.2 Å². The number of nitrogens with zero attached hydrogens (tertiary/aromatic N) is 3. The van der Waals surface area contributed by atoms with Crippen molar-refractivity contribution in [1.29, 1.82) is 0 Å². The van der Waals surface area contributed by atoms with E-state index in [9.17, 15) is 4.79 Å². The lowest BCUT2D eigenvalue weighted by molar-refractivity contribution is -0.116. The number of thioether (sulfide) groups is 1. The predicted octanol–water partition coefficient (Wildman–Crippen LogP) is 5.54. The zero-order valence-corrected chi connectivity index (χ0v) is 18.0. The molecular formula is C25H20N4O2S. The van der Waals surface area contributed by atoms with Crippen LogP contribution in [0.25, 0.3) is 22.4 Å². The first kappa shape index (κ1) is 20.1. The lowest BCUT2D eigenvalue weighted by Gasteiger charge is -2.22. The maximum absolute atomic E-state index is 13.1. The summed E-state index contributed by atoms with van der Waals surface area (Å²) in [6, 6.07) is 27.6. The van der Waals surface area contributed by atoms with Gasteiger partial charge in [-0.25, -0.2) is 0 Å². The van der Waals surface area contributed by atoms with E-state index in [1.165, 1.54) is 11.8 Å². The van der Waals surface area contributed by atoms with E-state index >= 15 is 0 Å². The maximum atomic E-state index is 13.1. The third kappa shape index (κ3) is 4.29. The summed E-state index contributed by atoms with van der Waals surface area (Å²) in [7, 11) is 0. The highest BCUT2D eigenvalue weighted by Crippen LogP contribution is 2.30. The van der Waals surface area contributed by atoms with Gasteiger partial charge in [0.15, 0.2) is 0 Å². The number of benzene rings is 3. The highest BCUT2D eigenvalue weighted by atomic mass is 32.2. The van der Waals surface area contributed by atoms with Gasteiger partial charge in [0.25, 0.3) is 11.1 Å².